The minimum atomic E-state index is 0. The van der Waals surface area contributed by atoms with Gasteiger partial charge in [0.2, 0.25) is 0 Å². The molecular formula is C12H11Y-. The molecule has 0 saturated carbocycles. The van der Waals surface area contributed by atoms with Crippen molar-refractivity contribution in [2.24, 2.45) is 0 Å². The SMILES string of the molecule is Cc1[c-]c(C2=CC=CC2)ccc1.[Y]. The Kier molecular flexibility index (Phi) is 4.08. The fourth-order valence-corrected chi connectivity index (χ4v) is 1.42. The molecule has 1 radical (unpaired) electrons. The fourth-order valence-electron chi connectivity index (χ4n) is 1.42. The molecular weight excluding hydrogens is 233 g/mol. The van der Waals surface area contributed by atoms with E-state index < -0.39 is 0 Å². The monoisotopic (exact) mass is 244 g/mol. The van der Waals surface area contributed by atoms with Gasteiger partial charge < -0.3 is 0 Å². The summed E-state index contributed by atoms with van der Waals surface area (Å²) in [7, 11) is 0. The normalized spacial score (nSPS) is 13.8. The molecule has 1 aliphatic carbocycles. The van der Waals surface area contributed by atoms with Gasteiger partial charge in [0, 0.05) is 32.7 Å². The van der Waals surface area contributed by atoms with E-state index in [0.717, 1.165) is 6.42 Å². The molecule has 0 atom stereocenters. The summed E-state index contributed by atoms with van der Waals surface area (Å²) in [5, 5.41) is 0. The van der Waals surface area contributed by atoms with Crippen LogP contribution in [0.2, 0.25) is 0 Å². The molecule has 1 aliphatic rings. The Bertz CT molecular complexity index is 348. The first-order valence-electron chi connectivity index (χ1n) is 4.21. The van der Waals surface area contributed by atoms with E-state index in [2.05, 4.69) is 49.4 Å². The number of hydrogen-bond donors (Lipinski definition) is 0. The molecule has 63 valence electrons. The van der Waals surface area contributed by atoms with Gasteiger partial charge in [-0.1, -0.05) is 19.1 Å². The van der Waals surface area contributed by atoms with E-state index in [9.17, 15) is 0 Å². The molecule has 0 aromatic heterocycles. The van der Waals surface area contributed by atoms with Crippen molar-refractivity contribution in [3.8, 4) is 0 Å². The van der Waals surface area contributed by atoms with E-state index in [-0.39, 0.29) is 32.7 Å². The van der Waals surface area contributed by atoms with Crippen LogP contribution in [0.1, 0.15) is 17.5 Å². The van der Waals surface area contributed by atoms with E-state index in [1.807, 2.05) is 0 Å². The molecule has 0 nitrogen and oxygen atoms in total. The number of aryl methyl sites for hydroxylation is 1. The van der Waals surface area contributed by atoms with Gasteiger partial charge in [0.05, 0.1) is 0 Å². The summed E-state index contributed by atoms with van der Waals surface area (Å²) >= 11 is 0. The largest absolute Gasteiger partial charge is 0.147 e. The number of benzene rings is 1. The maximum Gasteiger partial charge on any atom is 0 e. The molecule has 2 rings (SSSR count). The van der Waals surface area contributed by atoms with Crippen LogP contribution in [0.4, 0.5) is 0 Å². The number of allylic oxidation sites excluding steroid dienone is 4. The minimum Gasteiger partial charge on any atom is -0.147 e. The maximum atomic E-state index is 3.34. The summed E-state index contributed by atoms with van der Waals surface area (Å²) in [6.07, 6.45) is 7.49. The molecule has 1 aromatic carbocycles. The van der Waals surface area contributed by atoms with Gasteiger partial charge in [-0.2, -0.15) is 0 Å². The van der Waals surface area contributed by atoms with E-state index in [1.54, 1.807) is 0 Å². The van der Waals surface area contributed by atoms with Gasteiger partial charge in [-0.05, 0) is 6.42 Å². The molecule has 0 spiro atoms. The molecule has 0 heterocycles. The van der Waals surface area contributed by atoms with Crippen molar-refractivity contribution in [3.63, 3.8) is 0 Å². The Morgan fingerprint density at radius 2 is 2.15 bits per heavy atom. The fraction of sp³-hybridized carbons (Fsp3) is 0.167. The Balaban J connectivity index is 0.000000845. The van der Waals surface area contributed by atoms with E-state index >= 15 is 0 Å². The van der Waals surface area contributed by atoms with Gasteiger partial charge in [-0.3, -0.25) is 0 Å². The quantitative estimate of drug-likeness (QED) is 0.666. The van der Waals surface area contributed by atoms with E-state index in [0.29, 0.717) is 0 Å². The van der Waals surface area contributed by atoms with Gasteiger partial charge in [0.1, 0.15) is 0 Å². The van der Waals surface area contributed by atoms with Crippen molar-refractivity contribution in [1.82, 2.24) is 0 Å². The standard InChI is InChI=1S/C12H11.Y/c1-10-5-4-8-12(9-10)11-6-2-3-7-11;/h2-6,8H,7H2,1H3;/q-1;. The van der Waals surface area contributed by atoms with E-state index in [4.69, 9.17) is 0 Å². The Labute approximate surface area is 105 Å². The summed E-state index contributed by atoms with van der Waals surface area (Å²) in [6, 6.07) is 9.62. The van der Waals surface area contributed by atoms with Crippen molar-refractivity contribution >= 4 is 5.57 Å². The molecule has 13 heavy (non-hydrogen) atoms. The summed E-state index contributed by atoms with van der Waals surface area (Å²) in [4.78, 5) is 0. The van der Waals surface area contributed by atoms with Crippen molar-refractivity contribution < 1.29 is 32.7 Å². The second-order valence-electron chi connectivity index (χ2n) is 3.07. The van der Waals surface area contributed by atoms with Crippen LogP contribution < -0.4 is 0 Å². The molecule has 0 amide bonds. The van der Waals surface area contributed by atoms with Gasteiger partial charge in [0.15, 0.2) is 0 Å². The zero-order valence-corrected chi connectivity index (χ0v) is 10.6. The molecule has 1 heteroatoms. The Hall–Kier alpha value is -0.196. The summed E-state index contributed by atoms with van der Waals surface area (Å²) in [6.45, 7) is 2.08. The predicted octanol–water partition coefficient (Wildman–Crippen LogP) is 3.14. The van der Waals surface area contributed by atoms with Gasteiger partial charge in [-0.15, -0.1) is 47.0 Å². The van der Waals surface area contributed by atoms with Gasteiger partial charge in [-0.25, -0.2) is 0 Å². The third-order valence-corrected chi connectivity index (χ3v) is 2.06. The second kappa shape index (κ2) is 4.88. The first-order chi connectivity index (χ1) is 5.86. The smallest absolute Gasteiger partial charge is 0 e. The zero-order valence-electron chi connectivity index (χ0n) is 7.75. The third-order valence-electron chi connectivity index (χ3n) is 2.06. The molecule has 0 bridgehead atoms. The van der Waals surface area contributed by atoms with E-state index in [1.165, 1.54) is 16.7 Å². The Morgan fingerprint density at radius 3 is 2.77 bits per heavy atom. The average molecular weight is 244 g/mol. The molecule has 0 fully saturated rings. The van der Waals surface area contributed by atoms with Crippen LogP contribution in [0.15, 0.2) is 36.4 Å². The van der Waals surface area contributed by atoms with Crippen LogP contribution in [-0.4, -0.2) is 0 Å². The van der Waals surface area contributed by atoms with Gasteiger partial charge in [0.25, 0.3) is 0 Å². The zero-order chi connectivity index (χ0) is 8.39. The summed E-state index contributed by atoms with van der Waals surface area (Å²) in [5.74, 6) is 0. The molecule has 0 saturated heterocycles. The van der Waals surface area contributed by atoms with Crippen molar-refractivity contribution in [3.05, 3.63) is 53.6 Å². The molecule has 1 aromatic rings. The molecule has 0 aliphatic heterocycles. The topological polar surface area (TPSA) is 0 Å². The minimum absolute atomic E-state index is 0. The van der Waals surface area contributed by atoms with Crippen LogP contribution in [0, 0.1) is 13.0 Å². The number of hydrogen-bond acceptors (Lipinski definition) is 0. The third kappa shape index (κ3) is 2.62. The maximum absolute atomic E-state index is 3.34. The van der Waals surface area contributed by atoms with Crippen LogP contribution in [-0.2, 0) is 32.7 Å². The van der Waals surface area contributed by atoms with Crippen molar-refractivity contribution in [1.29, 1.82) is 0 Å². The average Bonchev–Trinajstić information content (AvgIpc) is 2.56. The summed E-state index contributed by atoms with van der Waals surface area (Å²) in [5.41, 5.74) is 3.82. The van der Waals surface area contributed by atoms with Gasteiger partial charge >= 0.3 is 0 Å². The van der Waals surface area contributed by atoms with Crippen LogP contribution in [0.25, 0.3) is 5.57 Å². The van der Waals surface area contributed by atoms with Crippen LogP contribution >= 0.6 is 0 Å². The van der Waals surface area contributed by atoms with Crippen LogP contribution in [0.3, 0.4) is 0 Å². The number of rotatable bonds is 1. The molecule has 0 N–H and O–H groups in total. The van der Waals surface area contributed by atoms with Crippen LogP contribution in [0.5, 0.6) is 0 Å². The second-order valence-corrected chi connectivity index (χ2v) is 3.07. The van der Waals surface area contributed by atoms with Crippen molar-refractivity contribution in [2.75, 3.05) is 0 Å². The Morgan fingerprint density at radius 1 is 1.31 bits per heavy atom. The molecule has 0 unspecified atom stereocenters. The first-order valence-corrected chi connectivity index (χ1v) is 4.21. The van der Waals surface area contributed by atoms with Crippen molar-refractivity contribution in [2.45, 2.75) is 13.3 Å². The predicted molar refractivity (Wildman–Crippen MR) is 51.7 cm³/mol. The first kappa shape index (κ1) is 10.9. The summed E-state index contributed by atoms with van der Waals surface area (Å²) < 4.78 is 0.